The zero-order valence-electron chi connectivity index (χ0n) is 12.9. The van der Waals surface area contributed by atoms with E-state index in [1.54, 1.807) is 12.4 Å². The Morgan fingerprint density at radius 3 is 2.95 bits per heavy atom. The minimum Gasteiger partial charge on any atom is -0.444 e. The Morgan fingerprint density at radius 1 is 1.52 bits per heavy atom. The molecule has 2 heterocycles. The third-order valence-corrected chi connectivity index (χ3v) is 3.30. The first-order valence-corrected chi connectivity index (χ1v) is 7.28. The van der Waals surface area contributed by atoms with Gasteiger partial charge < -0.3 is 20.7 Å². The van der Waals surface area contributed by atoms with Crippen LogP contribution in [0.25, 0.3) is 0 Å². The van der Waals surface area contributed by atoms with Crippen molar-refractivity contribution in [2.24, 2.45) is 0 Å². The number of hydrogen-bond acceptors (Lipinski definition) is 5. The molecule has 21 heavy (non-hydrogen) atoms. The zero-order valence-corrected chi connectivity index (χ0v) is 12.9. The molecular weight excluding hydrogens is 268 g/mol. The van der Waals surface area contributed by atoms with Crippen molar-refractivity contribution in [1.29, 1.82) is 0 Å². The Kier molecular flexibility index (Phi) is 4.55. The summed E-state index contributed by atoms with van der Waals surface area (Å²) >= 11 is 0. The van der Waals surface area contributed by atoms with Crippen molar-refractivity contribution in [3.8, 4) is 0 Å². The Morgan fingerprint density at radius 2 is 2.29 bits per heavy atom. The van der Waals surface area contributed by atoms with Crippen molar-refractivity contribution < 1.29 is 9.53 Å². The molecule has 6 heteroatoms. The van der Waals surface area contributed by atoms with Crippen LogP contribution in [0, 0.1) is 0 Å². The van der Waals surface area contributed by atoms with Gasteiger partial charge in [-0.1, -0.05) is 0 Å². The van der Waals surface area contributed by atoms with Gasteiger partial charge in [-0.2, -0.15) is 0 Å². The van der Waals surface area contributed by atoms with E-state index in [-0.39, 0.29) is 17.7 Å². The number of carbonyl (C=O) groups is 1. The van der Waals surface area contributed by atoms with Crippen molar-refractivity contribution in [3.63, 3.8) is 0 Å². The third-order valence-electron chi connectivity index (χ3n) is 3.30. The molecule has 1 amide bonds. The molecule has 1 aliphatic heterocycles. The molecule has 0 saturated carbocycles. The van der Waals surface area contributed by atoms with Crippen LogP contribution in [0.2, 0.25) is 0 Å². The lowest BCUT2D eigenvalue weighted by Crippen LogP contribution is -2.46. The minimum atomic E-state index is -0.364. The molecule has 116 valence electrons. The highest BCUT2D eigenvalue weighted by molar-refractivity contribution is 5.69. The van der Waals surface area contributed by atoms with E-state index in [9.17, 15) is 4.79 Å². The van der Waals surface area contributed by atoms with Gasteiger partial charge in [0, 0.05) is 18.3 Å². The number of hydrogen-bond donors (Lipinski definition) is 2. The maximum atomic E-state index is 11.9. The van der Waals surface area contributed by atoms with Crippen LogP contribution in [-0.2, 0) is 4.74 Å². The molecule has 1 fully saturated rings. The summed E-state index contributed by atoms with van der Waals surface area (Å²) < 4.78 is 5.51. The number of nitrogens with one attached hydrogen (secondary N) is 1. The maximum absolute atomic E-state index is 11.9. The van der Waals surface area contributed by atoms with Gasteiger partial charge in [-0.25, -0.2) is 4.79 Å². The second-order valence-corrected chi connectivity index (χ2v) is 6.43. The van der Waals surface area contributed by atoms with E-state index in [1.165, 1.54) is 0 Å². The van der Waals surface area contributed by atoms with Gasteiger partial charge in [0.15, 0.2) is 0 Å². The first kappa shape index (κ1) is 15.4. The average Bonchev–Trinajstić information content (AvgIpc) is 2.37. The number of nitrogen functional groups attached to an aromatic ring is 1. The number of aromatic nitrogens is 1. The molecule has 0 aliphatic carbocycles. The fourth-order valence-corrected chi connectivity index (χ4v) is 2.43. The number of carbonyl (C=O) groups excluding carboxylic acids is 1. The molecule has 1 atom stereocenters. The van der Waals surface area contributed by atoms with E-state index in [0.717, 1.165) is 25.1 Å². The lowest BCUT2D eigenvalue weighted by atomic mass is 10.1. The summed E-state index contributed by atoms with van der Waals surface area (Å²) in [5.74, 6) is 0. The Labute approximate surface area is 125 Å². The van der Waals surface area contributed by atoms with Crippen LogP contribution in [0.1, 0.15) is 33.6 Å². The normalized spacial score (nSPS) is 19.2. The summed E-state index contributed by atoms with van der Waals surface area (Å²) in [4.78, 5) is 18.0. The van der Waals surface area contributed by atoms with Crippen LogP contribution in [-0.4, -0.2) is 35.8 Å². The second kappa shape index (κ2) is 6.20. The minimum absolute atomic E-state index is 0.117. The number of amides is 1. The molecule has 1 aromatic heterocycles. The van der Waals surface area contributed by atoms with Crippen molar-refractivity contribution >= 4 is 17.5 Å². The average molecular weight is 292 g/mol. The van der Waals surface area contributed by atoms with Gasteiger partial charge in [0.25, 0.3) is 0 Å². The van der Waals surface area contributed by atoms with Crippen LogP contribution in [0.4, 0.5) is 16.2 Å². The fraction of sp³-hybridized carbons (Fsp3) is 0.600. The number of nitrogens with two attached hydrogens (primary N) is 1. The largest absolute Gasteiger partial charge is 0.444 e. The SMILES string of the molecule is CC(C)(C)NC(=O)O[C@H]1CCCN(c2ccncc2N)C1. The molecule has 1 aliphatic rings. The Bertz CT molecular complexity index is 499. The molecule has 0 spiro atoms. The van der Waals surface area contributed by atoms with Crippen LogP contribution < -0.4 is 16.0 Å². The lowest BCUT2D eigenvalue weighted by molar-refractivity contribution is 0.0826. The van der Waals surface area contributed by atoms with E-state index in [1.807, 2.05) is 26.8 Å². The maximum Gasteiger partial charge on any atom is 0.407 e. The number of nitrogens with zero attached hydrogens (tertiary/aromatic N) is 2. The van der Waals surface area contributed by atoms with Gasteiger partial charge in [0.2, 0.25) is 0 Å². The van der Waals surface area contributed by atoms with Gasteiger partial charge in [0.1, 0.15) is 6.10 Å². The smallest absolute Gasteiger partial charge is 0.407 e. The molecule has 6 nitrogen and oxygen atoms in total. The monoisotopic (exact) mass is 292 g/mol. The summed E-state index contributed by atoms with van der Waals surface area (Å²) in [6.45, 7) is 7.36. The predicted molar refractivity (Wildman–Crippen MR) is 83.3 cm³/mol. The highest BCUT2D eigenvalue weighted by Gasteiger charge is 2.25. The molecular formula is C15H24N4O2. The highest BCUT2D eigenvalue weighted by atomic mass is 16.6. The van der Waals surface area contributed by atoms with Crippen molar-refractivity contribution in [2.45, 2.75) is 45.3 Å². The molecule has 1 saturated heterocycles. The van der Waals surface area contributed by atoms with Gasteiger partial charge in [-0.3, -0.25) is 4.98 Å². The van der Waals surface area contributed by atoms with Gasteiger partial charge in [-0.15, -0.1) is 0 Å². The van der Waals surface area contributed by atoms with Crippen molar-refractivity contribution in [1.82, 2.24) is 10.3 Å². The predicted octanol–water partition coefficient (Wildman–Crippen LogP) is 2.16. The lowest BCUT2D eigenvalue weighted by Gasteiger charge is -2.35. The molecule has 0 unspecified atom stereocenters. The summed E-state index contributed by atoms with van der Waals surface area (Å²) in [7, 11) is 0. The van der Waals surface area contributed by atoms with Crippen molar-refractivity contribution in [3.05, 3.63) is 18.5 Å². The molecule has 2 rings (SSSR count). The molecule has 3 N–H and O–H groups in total. The van der Waals surface area contributed by atoms with E-state index < -0.39 is 0 Å². The van der Waals surface area contributed by atoms with Crippen LogP contribution in [0.5, 0.6) is 0 Å². The molecule has 0 radical (unpaired) electrons. The quantitative estimate of drug-likeness (QED) is 0.873. The van der Waals surface area contributed by atoms with Gasteiger partial charge >= 0.3 is 6.09 Å². The summed E-state index contributed by atoms with van der Waals surface area (Å²) in [5, 5.41) is 2.82. The molecule has 0 aromatic carbocycles. The standard InChI is InChI=1S/C15H24N4O2/c1-15(2,3)18-14(20)21-11-5-4-8-19(10-11)13-6-7-17-9-12(13)16/h6-7,9,11H,4-5,8,10,16H2,1-3H3,(H,18,20)/t11-/m0/s1. The molecule has 1 aromatic rings. The van der Waals surface area contributed by atoms with E-state index >= 15 is 0 Å². The highest BCUT2D eigenvalue weighted by Crippen LogP contribution is 2.25. The molecule has 0 bridgehead atoms. The van der Waals surface area contributed by atoms with E-state index in [0.29, 0.717) is 12.2 Å². The number of pyridine rings is 1. The van der Waals surface area contributed by atoms with E-state index in [4.69, 9.17) is 10.5 Å². The van der Waals surface area contributed by atoms with E-state index in [2.05, 4.69) is 15.2 Å². The van der Waals surface area contributed by atoms with Gasteiger partial charge in [-0.05, 0) is 39.7 Å². The first-order chi connectivity index (χ1) is 9.85. The van der Waals surface area contributed by atoms with Crippen LogP contribution >= 0.6 is 0 Å². The topological polar surface area (TPSA) is 80.5 Å². The number of rotatable bonds is 2. The third kappa shape index (κ3) is 4.51. The zero-order chi connectivity index (χ0) is 15.5. The summed E-state index contributed by atoms with van der Waals surface area (Å²) in [5.41, 5.74) is 7.27. The summed E-state index contributed by atoms with van der Waals surface area (Å²) in [6, 6.07) is 1.90. The van der Waals surface area contributed by atoms with Gasteiger partial charge in [0.05, 0.1) is 24.1 Å². The fourth-order valence-electron chi connectivity index (χ4n) is 2.43. The number of alkyl carbamates (subject to hydrolysis) is 1. The Balaban J connectivity index is 1.95. The summed E-state index contributed by atoms with van der Waals surface area (Å²) in [6.07, 6.45) is 4.73. The number of piperidine rings is 1. The van der Waals surface area contributed by atoms with Crippen molar-refractivity contribution in [2.75, 3.05) is 23.7 Å². The first-order valence-electron chi connectivity index (χ1n) is 7.28. The second-order valence-electron chi connectivity index (χ2n) is 6.43. The Hall–Kier alpha value is -1.98. The number of ether oxygens (including phenoxy) is 1. The van der Waals surface area contributed by atoms with Crippen LogP contribution in [0.3, 0.4) is 0 Å². The number of anilines is 2. The van der Waals surface area contributed by atoms with Crippen LogP contribution in [0.15, 0.2) is 18.5 Å².